The normalized spacial score (nSPS) is 4.36. The van der Waals surface area contributed by atoms with Gasteiger partial charge in [-0.2, -0.15) is 0 Å². The Balaban J connectivity index is -0.0000000171. The van der Waals surface area contributed by atoms with Gasteiger partial charge in [0.2, 0.25) is 12.3 Å². The molecule has 7 nitrogen and oxygen atoms in total. The van der Waals surface area contributed by atoms with Crippen LogP contribution in [0.15, 0.2) is 0 Å². The molecule has 0 spiro atoms. The molecule has 0 saturated heterocycles. The molecule has 0 rings (SSSR count). The van der Waals surface area contributed by atoms with Gasteiger partial charge in [0.05, 0.1) is 0 Å². The molecule has 0 aromatic rings. The molecule has 11 heavy (non-hydrogen) atoms. The molecule has 56 valence electrons. The van der Waals surface area contributed by atoms with Crippen LogP contribution in [0.2, 0.25) is 0 Å². The minimum Gasteiger partial charge on any atom is -0.565 e. The first kappa shape index (κ1) is 30.0. The number of carboxylic acid groups (broad SMARTS) is 4. The average Bonchev–Trinajstić information content (AvgIpc) is 1.25. The fourth-order valence-corrected chi connectivity index (χ4v) is 0. The minimum absolute atomic E-state index is 0. The molecule has 4 N–H and O–H groups in total. The molecule has 0 saturated carbocycles. The van der Waals surface area contributed by atoms with Crippen LogP contribution in [0.5, 0.6) is 0 Å². The summed E-state index contributed by atoms with van der Waals surface area (Å²) < 4.78 is 0. The van der Waals surface area contributed by atoms with Crippen LogP contribution in [0.4, 0.5) is 9.59 Å². The summed E-state index contributed by atoms with van der Waals surface area (Å²) in [6.45, 7) is 0. The fraction of sp³-hybridized carbons (Fsp3) is 0. The Hall–Kier alpha value is 0.500. The van der Waals surface area contributed by atoms with E-state index in [4.69, 9.17) is 30.0 Å². The fourth-order valence-electron chi connectivity index (χ4n) is 0. The smallest absolute Gasteiger partial charge is 0.565 e. The van der Waals surface area contributed by atoms with Crippen molar-refractivity contribution in [1.29, 1.82) is 0 Å². The zero-order valence-corrected chi connectivity index (χ0v) is 10.0. The van der Waals surface area contributed by atoms with Crippen LogP contribution in [0.3, 0.4) is 0 Å². The molecular weight excluding hydrogens is 182 g/mol. The molecule has 0 aliphatic carbocycles. The van der Waals surface area contributed by atoms with Gasteiger partial charge in [-0.25, -0.2) is 0 Å². The van der Waals surface area contributed by atoms with Crippen molar-refractivity contribution in [2.24, 2.45) is 0 Å². The largest absolute Gasteiger partial charge is 1.00 e. The van der Waals surface area contributed by atoms with E-state index in [2.05, 4.69) is 0 Å². The third-order valence-electron chi connectivity index (χ3n) is 0. The van der Waals surface area contributed by atoms with Gasteiger partial charge in [0.25, 0.3) is 0 Å². The Labute approximate surface area is 106 Å². The summed E-state index contributed by atoms with van der Waals surface area (Å²) in [7, 11) is 0. The summed E-state index contributed by atoms with van der Waals surface area (Å²) in [6, 6.07) is 0. The van der Waals surface area contributed by atoms with Gasteiger partial charge in [-0.1, -0.05) is 0 Å². The van der Waals surface area contributed by atoms with Gasteiger partial charge >= 0.3 is 59.1 Å². The van der Waals surface area contributed by atoms with E-state index < -0.39 is 12.3 Å². The molecule has 0 amide bonds. The van der Waals surface area contributed by atoms with Crippen molar-refractivity contribution in [2.45, 2.75) is 0 Å². The minimum atomic E-state index is -2.08. The first-order chi connectivity index (χ1) is 3.46. The third kappa shape index (κ3) is 3030. The summed E-state index contributed by atoms with van der Waals surface area (Å²) in [5.74, 6) is 0. The van der Waals surface area contributed by atoms with E-state index in [-0.39, 0.29) is 64.6 Å². The van der Waals surface area contributed by atoms with Crippen molar-refractivity contribution in [2.75, 3.05) is 0 Å². The first-order valence-electron chi connectivity index (χ1n) is 1.26. The van der Waals surface area contributed by atoms with Crippen molar-refractivity contribution in [3.05, 3.63) is 0 Å². The Morgan fingerprint density at radius 2 is 0.909 bits per heavy atom. The van der Waals surface area contributed by atoms with E-state index in [0.717, 1.165) is 0 Å². The summed E-state index contributed by atoms with van der Waals surface area (Å²) in [6.07, 6.45) is -4.17. The number of rotatable bonds is 0. The van der Waals surface area contributed by atoms with Crippen molar-refractivity contribution in [3.63, 3.8) is 0 Å². The quantitative estimate of drug-likeness (QED) is 0.358. The maximum atomic E-state index is 8.44. The Kier molecular flexibility index (Phi) is 61.2. The summed E-state index contributed by atoms with van der Waals surface area (Å²) in [5.41, 5.74) is 0. The van der Waals surface area contributed by atoms with Crippen LogP contribution < -0.4 is 69.3 Å². The van der Waals surface area contributed by atoms with E-state index in [9.17, 15) is 0 Å². The van der Waals surface area contributed by atoms with Gasteiger partial charge in [0.1, 0.15) is 0 Å². The predicted molar refractivity (Wildman–Crippen MR) is 19.7 cm³/mol. The summed E-state index contributed by atoms with van der Waals surface area (Å²) >= 11 is 0. The van der Waals surface area contributed by atoms with Crippen LogP contribution in [-0.2, 0) is 0 Å². The molecule has 0 aliphatic rings. The van der Waals surface area contributed by atoms with E-state index in [1.165, 1.54) is 0 Å². The van der Waals surface area contributed by atoms with Crippen LogP contribution in [0.1, 0.15) is 0 Å². The second-order valence-electron chi connectivity index (χ2n) is 0.532. The second-order valence-corrected chi connectivity index (χ2v) is 0.532. The Morgan fingerprint density at radius 3 is 0.909 bits per heavy atom. The molecule has 0 aliphatic heterocycles. The zero-order chi connectivity index (χ0) is 7.15. The van der Waals surface area contributed by atoms with Crippen LogP contribution in [0.25, 0.3) is 0 Å². The van der Waals surface area contributed by atoms with Crippen LogP contribution in [0, 0.1) is 0 Å². The van der Waals surface area contributed by atoms with Gasteiger partial charge in [0, 0.05) is 0 Å². The predicted octanol–water partition coefficient (Wildman–Crippen LogP) is -9.04. The SMILES string of the molecule is O.O=C([O-])O.O=C([O-])O.[Na+].[Na+]. The molecule has 0 aromatic carbocycles. The number of carbonyl (C=O) groups is 2. The third-order valence-corrected chi connectivity index (χ3v) is 0. The van der Waals surface area contributed by atoms with Crippen molar-refractivity contribution in [3.8, 4) is 0 Å². The monoisotopic (exact) mass is 186 g/mol. The zero-order valence-electron chi connectivity index (χ0n) is 6.03. The van der Waals surface area contributed by atoms with E-state index in [0.29, 0.717) is 0 Å². The molecular formula is C2H4Na2O7. The maximum Gasteiger partial charge on any atom is 1.00 e. The number of hydrogen-bond acceptors (Lipinski definition) is 4. The Morgan fingerprint density at radius 1 is 0.909 bits per heavy atom. The van der Waals surface area contributed by atoms with E-state index in [1.54, 1.807) is 0 Å². The molecule has 0 aromatic heterocycles. The Bertz CT molecular complexity index is 72.4. The maximum absolute atomic E-state index is 8.44. The molecule has 0 radical (unpaired) electrons. The van der Waals surface area contributed by atoms with Crippen molar-refractivity contribution in [1.82, 2.24) is 0 Å². The molecule has 0 fully saturated rings. The van der Waals surface area contributed by atoms with Crippen molar-refractivity contribution >= 4 is 12.3 Å². The van der Waals surface area contributed by atoms with Gasteiger partial charge in [0.15, 0.2) is 0 Å². The molecule has 0 unspecified atom stereocenters. The summed E-state index contributed by atoms with van der Waals surface area (Å²) in [5, 5.41) is 30.6. The summed E-state index contributed by atoms with van der Waals surface area (Å²) in [4.78, 5) is 16.9. The number of hydrogen-bond donors (Lipinski definition) is 2. The van der Waals surface area contributed by atoms with Gasteiger partial charge in [-0.05, 0) is 0 Å². The van der Waals surface area contributed by atoms with E-state index in [1.807, 2.05) is 0 Å². The first-order valence-corrected chi connectivity index (χ1v) is 1.26. The molecule has 0 bridgehead atoms. The van der Waals surface area contributed by atoms with E-state index >= 15 is 0 Å². The van der Waals surface area contributed by atoms with Crippen molar-refractivity contribution < 1.29 is 94.6 Å². The van der Waals surface area contributed by atoms with Gasteiger partial charge in [-0.3, -0.25) is 0 Å². The van der Waals surface area contributed by atoms with Crippen LogP contribution >= 0.6 is 0 Å². The van der Waals surface area contributed by atoms with Gasteiger partial charge < -0.3 is 35.5 Å². The van der Waals surface area contributed by atoms with Crippen LogP contribution in [-0.4, -0.2) is 28.0 Å². The average molecular weight is 186 g/mol. The molecule has 9 heteroatoms. The van der Waals surface area contributed by atoms with Gasteiger partial charge in [-0.15, -0.1) is 0 Å². The second kappa shape index (κ2) is 22.4. The standard InChI is InChI=1S/2CH2O3.2Na.H2O/c2*2-1(3)4;;;/h2*(H2,2,3,4);;;1H2/q;;2*+1;/p-2. The molecule has 0 heterocycles. The topological polar surface area (TPSA) is 152 Å². The molecule has 0 atom stereocenters.